The predicted molar refractivity (Wildman–Crippen MR) is 100 cm³/mol. The molecular formula is C17H19BrClN3O4. The fraction of sp³-hybridized carbons (Fsp3) is 0.471. The van der Waals surface area contributed by atoms with Crippen molar-refractivity contribution in [3.05, 3.63) is 21.6 Å². The van der Waals surface area contributed by atoms with Gasteiger partial charge < -0.3 is 15.4 Å². The van der Waals surface area contributed by atoms with Gasteiger partial charge in [-0.3, -0.25) is 14.5 Å². The van der Waals surface area contributed by atoms with Gasteiger partial charge in [-0.15, -0.1) is 0 Å². The molecule has 1 aliphatic carbocycles. The summed E-state index contributed by atoms with van der Waals surface area (Å²) >= 11 is 9.39. The van der Waals surface area contributed by atoms with Crippen molar-refractivity contribution in [1.82, 2.24) is 10.2 Å². The number of urea groups is 1. The molecule has 1 aliphatic heterocycles. The van der Waals surface area contributed by atoms with Gasteiger partial charge in [0, 0.05) is 5.02 Å². The van der Waals surface area contributed by atoms with Crippen LogP contribution >= 0.6 is 27.5 Å². The maximum atomic E-state index is 12.6. The van der Waals surface area contributed by atoms with Crippen molar-refractivity contribution in [2.45, 2.75) is 38.1 Å². The van der Waals surface area contributed by atoms with E-state index in [0.717, 1.165) is 17.7 Å². The van der Waals surface area contributed by atoms with E-state index >= 15 is 0 Å². The van der Waals surface area contributed by atoms with Crippen LogP contribution in [0.1, 0.15) is 32.6 Å². The first-order chi connectivity index (χ1) is 12.4. The largest absolute Gasteiger partial charge is 0.491 e. The highest BCUT2D eigenvalue weighted by molar-refractivity contribution is 9.10. The summed E-state index contributed by atoms with van der Waals surface area (Å²) in [6.07, 6.45) is 3.01. The fourth-order valence-electron chi connectivity index (χ4n) is 3.41. The van der Waals surface area contributed by atoms with Crippen LogP contribution in [0.4, 0.5) is 10.5 Å². The van der Waals surface area contributed by atoms with Crippen LogP contribution in [0.25, 0.3) is 0 Å². The number of hydrogen-bond acceptors (Lipinski definition) is 4. The average molecular weight is 445 g/mol. The molecule has 0 aromatic heterocycles. The van der Waals surface area contributed by atoms with Crippen LogP contribution in [-0.2, 0) is 9.59 Å². The minimum Gasteiger partial charge on any atom is -0.491 e. The second kappa shape index (κ2) is 7.44. The molecule has 2 fully saturated rings. The van der Waals surface area contributed by atoms with Crippen LogP contribution in [0.3, 0.4) is 0 Å². The average Bonchev–Trinajstić information content (AvgIpc) is 3.12. The zero-order valence-corrected chi connectivity index (χ0v) is 16.6. The molecule has 9 heteroatoms. The number of anilines is 1. The molecule has 7 nitrogen and oxygen atoms in total. The highest BCUT2D eigenvalue weighted by atomic mass is 79.9. The van der Waals surface area contributed by atoms with E-state index in [-0.39, 0.29) is 12.5 Å². The summed E-state index contributed by atoms with van der Waals surface area (Å²) in [6.45, 7) is 1.86. The van der Waals surface area contributed by atoms with E-state index in [1.54, 1.807) is 12.1 Å². The lowest BCUT2D eigenvalue weighted by Crippen LogP contribution is -2.44. The van der Waals surface area contributed by atoms with E-state index in [1.807, 2.05) is 6.92 Å². The van der Waals surface area contributed by atoms with Crippen LogP contribution in [0.15, 0.2) is 16.6 Å². The van der Waals surface area contributed by atoms with Gasteiger partial charge >= 0.3 is 6.03 Å². The van der Waals surface area contributed by atoms with E-state index in [2.05, 4.69) is 26.6 Å². The lowest BCUT2D eigenvalue weighted by Gasteiger charge is -2.20. The molecule has 140 valence electrons. The first-order valence-corrected chi connectivity index (χ1v) is 9.59. The van der Waals surface area contributed by atoms with Gasteiger partial charge in [0.25, 0.3) is 5.91 Å². The van der Waals surface area contributed by atoms with Crippen LogP contribution in [-0.4, -0.2) is 41.4 Å². The second-order valence-corrected chi connectivity index (χ2v) is 7.65. The predicted octanol–water partition coefficient (Wildman–Crippen LogP) is 3.30. The van der Waals surface area contributed by atoms with Crippen molar-refractivity contribution in [1.29, 1.82) is 0 Å². The number of nitrogens with one attached hydrogen (secondary N) is 2. The highest BCUT2D eigenvalue weighted by Crippen LogP contribution is 2.37. The number of halogens is 2. The maximum Gasteiger partial charge on any atom is 0.325 e. The van der Waals surface area contributed by atoms with E-state index in [1.165, 1.54) is 0 Å². The summed E-state index contributed by atoms with van der Waals surface area (Å²) in [7, 11) is 0. The molecule has 3 rings (SSSR count). The number of amides is 4. The fourth-order valence-corrected chi connectivity index (χ4v) is 4.34. The van der Waals surface area contributed by atoms with E-state index in [4.69, 9.17) is 16.3 Å². The second-order valence-electron chi connectivity index (χ2n) is 6.36. The van der Waals surface area contributed by atoms with Crippen molar-refractivity contribution < 1.29 is 19.1 Å². The summed E-state index contributed by atoms with van der Waals surface area (Å²) in [5.74, 6) is -0.388. The zero-order chi connectivity index (χ0) is 18.9. The molecule has 1 saturated heterocycles. The van der Waals surface area contributed by atoms with Gasteiger partial charge in [0.1, 0.15) is 12.1 Å². The Balaban J connectivity index is 1.74. The number of imide groups is 1. The number of benzene rings is 1. The summed E-state index contributed by atoms with van der Waals surface area (Å²) in [5.41, 5.74) is -0.453. The lowest BCUT2D eigenvalue weighted by molar-refractivity contribution is -0.133. The number of nitrogens with zero attached hydrogens (tertiary/aromatic N) is 1. The third-order valence-corrected chi connectivity index (χ3v) is 5.38. The SMILES string of the molecule is CCOc1c(Br)cc(Cl)cc1NC(=O)CN1C(=O)NC2(CCCC2)C1=O. The first-order valence-electron chi connectivity index (χ1n) is 8.42. The smallest absolute Gasteiger partial charge is 0.325 e. The van der Waals surface area contributed by atoms with Gasteiger partial charge in [-0.1, -0.05) is 24.4 Å². The molecule has 1 spiro atoms. The molecule has 1 aromatic rings. The van der Waals surface area contributed by atoms with Crippen LogP contribution in [0, 0.1) is 0 Å². The monoisotopic (exact) mass is 443 g/mol. The Morgan fingerprint density at radius 3 is 2.73 bits per heavy atom. The standard InChI is InChI=1S/C17H19BrClN3O4/c1-2-26-14-11(18)7-10(19)8-12(14)20-13(23)9-22-15(24)17(21-16(22)25)5-3-4-6-17/h7-8H,2-6,9H2,1H3,(H,20,23)(H,21,25). The topological polar surface area (TPSA) is 87.7 Å². The third kappa shape index (κ3) is 3.53. The van der Waals surface area contributed by atoms with Crippen molar-refractivity contribution >= 4 is 51.1 Å². The number of rotatable bonds is 5. The number of carbonyl (C=O) groups is 3. The minimum atomic E-state index is -0.826. The van der Waals surface area contributed by atoms with Gasteiger partial charge in [-0.25, -0.2) is 4.79 Å². The number of hydrogen-bond donors (Lipinski definition) is 2. The highest BCUT2D eigenvalue weighted by Gasteiger charge is 2.52. The van der Waals surface area contributed by atoms with Crippen LogP contribution in [0.5, 0.6) is 5.75 Å². The molecule has 1 heterocycles. The Kier molecular flexibility index (Phi) is 5.43. The molecule has 1 saturated carbocycles. The lowest BCUT2D eigenvalue weighted by atomic mass is 9.98. The summed E-state index contributed by atoms with van der Waals surface area (Å²) in [4.78, 5) is 38.2. The van der Waals surface area contributed by atoms with Gasteiger partial charge in [-0.2, -0.15) is 0 Å². The maximum absolute atomic E-state index is 12.6. The Hall–Kier alpha value is -1.80. The quantitative estimate of drug-likeness (QED) is 0.682. The zero-order valence-electron chi connectivity index (χ0n) is 14.2. The molecule has 0 radical (unpaired) electrons. The molecule has 0 unspecified atom stereocenters. The Bertz CT molecular complexity index is 765. The van der Waals surface area contributed by atoms with Crippen LogP contribution < -0.4 is 15.4 Å². The van der Waals surface area contributed by atoms with Gasteiger partial charge in [0.15, 0.2) is 5.75 Å². The number of carbonyl (C=O) groups excluding carboxylic acids is 3. The van der Waals surface area contributed by atoms with Gasteiger partial charge in [0.05, 0.1) is 16.8 Å². The summed E-state index contributed by atoms with van der Waals surface area (Å²) in [5, 5.41) is 5.84. The molecule has 0 atom stereocenters. The van der Waals surface area contributed by atoms with Crippen LogP contribution in [0.2, 0.25) is 5.02 Å². The molecule has 2 aliphatic rings. The molecule has 4 amide bonds. The summed E-state index contributed by atoms with van der Waals surface area (Å²) < 4.78 is 6.13. The van der Waals surface area contributed by atoms with E-state index in [0.29, 0.717) is 40.4 Å². The van der Waals surface area contributed by atoms with Crippen molar-refractivity contribution in [2.75, 3.05) is 18.5 Å². The van der Waals surface area contributed by atoms with Crippen molar-refractivity contribution in [2.24, 2.45) is 0 Å². The molecular weight excluding hydrogens is 426 g/mol. The van der Waals surface area contributed by atoms with E-state index in [9.17, 15) is 14.4 Å². The number of ether oxygens (including phenoxy) is 1. The normalized spacial score (nSPS) is 18.3. The Morgan fingerprint density at radius 2 is 2.08 bits per heavy atom. The molecule has 2 N–H and O–H groups in total. The van der Waals surface area contributed by atoms with Crippen molar-refractivity contribution in [3.8, 4) is 5.75 Å². The summed E-state index contributed by atoms with van der Waals surface area (Å²) in [6, 6.07) is 2.69. The minimum absolute atomic E-state index is 0.326. The molecule has 1 aromatic carbocycles. The molecule has 26 heavy (non-hydrogen) atoms. The van der Waals surface area contributed by atoms with E-state index < -0.39 is 17.5 Å². The Labute approximate surface area is 164 Å². The van der Waals surface area contributed by atoms with Gasteiger partial charge in [-0.05, 0) is 47.8 Å². The third-order valence-electron chi connectivity index (χ3n) is 4.58. The first kappa shape index (κ1) is 19.0. The molecule has 0 bridgehead atoms. The Morgan fingerprint density at radius 1 is 1.38 bits per heavy atom. The van der Waals surface area contributed by atoms with Gasteiger partial charge in [0.2, 0.25) is 5.91 Å². The van der Waals surface area contributed by atoms with Crippen molar-refractivity contribution in [3.63, 3.8) is 0 Å².